The van der Waals surface area contributed by atoms with Crippen molar-refractivity contribution in [3.8, 4) is 0 Å². The Balaban J connectivity index is 2.43. The Morgan fingerprint density at radius 2 is 1.94 bits per heavy atom. The molecule has 0 saturated heterocycles. The summed E-state index contributed by atoms with van der Waals surface area (Å²) in [6.07, 6.45) is 1.31. The highest BCUT2D eigenvalue weighted by Gasteiger charge is 2.21. The molecular formula is C14H20O2S. The number of hydrogen-bond donors (Lipinski definition) is 0. The molecule has 1 aromatic carbocycles. The van der Waals surface area contributed by atoms with E-state index in [4.69, 9.17) is 4.74 Å². The molecule has 0 aromatic heterocycles. The topological polar surface area (TPSA) is 26.3 Å². The summed E-state index contributed by atoms with van der Waals surface area (Å²) in [6.45, 7) is 6.61. The molecule has 0 amide bonds. The average Bonchev–Trinajstić information content (AvgIpc) is 2.28. The minimum atomic E-state index is -0.103. The first kappa shape index (κ1) is 14.1. The maximum atomic E-state index is 11.3. The minimum absolute atomic E-state index is 0.0497. The zero-order chi connectivity index (χ0) is 12.7. The van der Waals surface area contributed by atoms with E-state index < -0.39 is 0 Å². The number of rotatable bonds is 6. The molecule has 0 unspecified atom stereocenters. The van der Waals surface area contributed by atoms with Crippen LogP contribution in [0.5, 0.6) is 0 Å². The van der Waals surface area contributed by atoms with E-state index in [1.165, 1.54) is 4.90 Å². The van der Waals surface area contributed by atoms with Crippen molar-refractivity contribution < 1.29 is 9.53 Å². The first-order valence-electron chi connectivity index (χ1n) is 5.93. The SMILES string of the molecule is CCOC(=O)CCC(C)(C)Sc1ccccc1. The van der Waals surface area contributed by atoms with Gasteiger partial charge in [-0.15, -0.1) is 11.8 Å². The lowest BCUT2D eigenvalue weighted by Gasteiger charge is -2.23. The van der Waals surface area contributed by atoms with E-state index in [1.54, 1.807) is 11.8 Å². The van der Waals surface area contributed by atoms with Gasteiger partial charge in [0.05, 0.1) is 6.61 Å². The smallest absolute Gasteiger partial charge is 0.305 e. The highest BCUT2D eigenvalue weighted by atomic mass is 32.2. The molecule has 0 aliphatic carbocycles. The van der Waals surface area contributed by atoms with Crippen molar-refractivity contribution in [2.45, 2.75) is 43.3 Å². The molecule has 0 spiro atoms. The number of thioether (sulfide) groups is 1. The quantitative estimate of drug-likeness (QED) is 0.567. The first-order valence-corrected chi connectivity index (χ1v) is 6.75. The summed E-state index contributed by atoms with van der Waals surface area (Å²) in [4.78, 5) is 12.5. The Morgan fingerprint density at radius 3 is 2.53 bits per heavy atom. The Bertz CT molecular complexity index is 346. The van der Waals surface area contributed by atoms with Crippen molar-refractivity contribution in [3.05, 3.63) is 30.3 Å². The van der Waals surface area contributed by atoms with E-state index in [0.29, 0.717) is 13.0 Å². The molecule has 0 aliphatic heterocycles. The second kappa shape index (κ2) is 6.70. The monoisotopic (exact) mass is 252 g/mol. The molecule has 0 atom stereocenters. The van der Waals surface area contributed by atoms with Gasteiger partial charge >= 0.3 is 5.97 Å². The summed E-state index contributed by atoms with van der Waals surface area (Å²) >= 11 is 1.80. The number of carbonyl (C=O) groups excluding carboxylic acids is 1. The van der Waals surface area contributed by atoms with Crippen LogP contribution in [-0.2, 0) is 9.53 Å². The zero-order valence-corrected chi connectivity index (χ0v) is 11.5. The van der Waals surface area contributed by atoms with Gasteiger partial charge in [-0.2, -0.15) is 0 Å². The molecule has 0 N–H and O–H groups in total. The summed E-state index contributed by atoms with van der Waals surface area (Å²) in [7, 11) is 0. The Hall–Kier alpha value is -0.960. The van der Waals surface area contributed by atoms with Crippen LogP contribution < -0.4 is 0 Å². The van der Waals surface area contributed by atoms with E-state index in [0.717, 1.165) is 6.42 Å². The van der Waals surface area contributed by atoms with Gasteiger partial charge in [0.15, 0.2) is 0 Å². The van der Waals surface area contributed by atoms with Crippen LogP contribution in [0.25, 0.3) is 0 Å². The first-order chi connectivity index (χ1) is 8.03. The van der Waals surface area contributed by atoms with Crippen molar-refractivity contribution in [1.29, 1.82) is 0 Å². The van der Waals surface area contributed by atoms with E-state index in [-0.39, 0.29) is 10.7 Å². The molecule has 2 nitrogen and oxygen atoms in total. The van der Waals surface area contributed by atoms with Gasteiger partial charge in [0, 0.05) is 16.1 Å². The molecule has 94 valence electrons. The Kier molecular flexibility index (Phi) is 5.56. The fraction of sp³-hybridized carbons (Fsp3) is 0.500. The van der Waals surface area contributed by atoms with Crippen LogP contribution in [-0.4, -0.2) is 17.3 Å². The van der Waals surface area contributed by atoms with Gasteiger partial charge in [0.1, 0.15) is 0 Å². The van der Waals surface area contributed by atoms with E-state index in [9.17, 15) is 4.79 Å². The van der Waals surface area contributed by atoms with Crippen LogP contribution in [0.3, 0.4) is 0 Å². The summed E-state index contributed by atoms with van der Waals surface area (Å²) in [5, 5.41) is 0. The van der Waals surface area contributed by atoms with Crippen LogP contribution in [0.15, 0.2) is 35.2 Å². The predicted octanol–water partition coefficient (Wildman–Crippen LogP) is 3.90. The molecule has 0 saturated carbocycles. The third-order valence-corrected chi connectivity index (χ3v) is 3.64. The lowest BCUT2D eigenvalue weighted by atomic mass is 10.1. The van der Waals surface area contributed by atoms with Crippen molar-refractivity contribution >= 4 is 17.7 Å². The van der Waals surface area contributed by atoms with Crippen molar-refractivity contribution in [2.24, 2.45) is 0 Å². The maximum Gasteiger partial charge on any atom is 0.305 e. The molecule has 3 heteroatoms. The highest BCUT2D eigenvalue weighted by Crippen LogP contribution is 2.35. The van der Waals surface area contributed by atoms with Gasteiger partial charge < -0.3 is 4.74 Å². The fourth-order valence-electron chi connectivity index (χ4n) is 1.49. The minimum Gasteiger partial charge on any atom is -0.466 e. The van der Waals surface area contributed by atoms with Crippen LogP contribution in [0.1, 0.15) is 33.6 Å². The van der Waals surface area contributed by atoms with Crippen molar-refractivity contribution in [3.63, 3.8) is 0 Å². The van der Waals surface area contributed by atoms with E-state index in [2.05, 4.69) is 26.0 Å². The number of benzene rings is 1. The van der Waals surface area contributed by atoms with Gasteiger partial charge in [-0.1, -0.05) is 32.0 Å². The van der Waals surface area contributed by atoms with Crippen LogP contribution in [0.2, 0.25) is 0 Å². The third-order valence-electron chi connectivity index (χ3n) is 2.37. The number of ether oxygens (including phenoxy) is 1. The summed E-state index contributed by atoms with van der Waals surface area (Å²) in [5.41, 5.74) is 0. The largest absolute Gasteiger partial charge is 0.466 e. The Morgan fingerprint density at radius 1 is 1.29 bits per heavy atom. The second-order valence-electron chi connectivity index (χ2n) is 4.48. The number of hydrogen-bond acceptors (Lipinski definition) is 3. The number of esters is 1. The van der Waals surface area contributed by atoms with Crippen molar-refractivity contribution in [1.82, 2.24) is 0 Å². The van der Waals surface area contributed by atoms with Gasteiger partial charge in [0.25, 0.3) is 0 Å². The molecule has 17 heavy (non-hydrogen) atoms. The molecule has 1 aromatic rings. The molecule has 1 rings (SSSR count). The van der Waals surface area contributed by atoms with E-state index >= 15 is 0 Å². The van der Waals surface area contributed by atoms with Crippen LogP contribution in [0, 0.1) is 0 Å². The zero-order valence-electron chi connectivity index (χ0n) is 10.7. The predicted molar refractivity (Wildman–Crippen MR) is 72.2 cm³/mol. The molecule has 0 heterocycles. The lowest BCUT2D eigenvalue weighted by Crippen LogP contribution is -2.17. The average molecular weight is 252 g/mol. The highest BCUT2D eigenvalue weighted by molar-refractivity contribution is 8.00. The summed E-state index contributed by atoms with van der Waals surface area (Å²) in [6, 6.07) is 10.3. The standard InChI is InChI=1S/C14H20O2S/c1-4-16-13(15)10-11-14(2,3)17-12-8-6-5-7-9-12/h5-9H,4,10-11H2,1-3H3. The molecule has 0 aliphatic rings. The lowest BCUT2D eigenvalue weighted by molar-refractivity contribution is -0.143. The van der Waals surface area contributed by atoms with Gasteiger partial charge in [0.2, 0.25) is 0 Å². The number of carbonyl (C=O) groups is 1. The Labute approximate surface area is 108 Å². The maximum absolute atomic E-state index is 11.3. The third kappa shape index (κ3) is 5.78. The van der Waals surface area contributed by atoms with Gasteiger partial charge in [-0.25, -0.2) is 0 Å². The fourth-order valence-corrected chi connectivity index (χ4v) is 2.63. The van der Waals surface area contributed by atoms with Crippen molar-refractivity contribution in [2.75, 3.05) is 6.61 Å². The molecular weight excluding hydrogens is 232 g/mol. The summed E-state index contributed by atoms with van der Waals surface area (Å²) in [5.74, 6) is -0.103. The second-order valence-corrected chi connectivity index (χ2v) is 6.26. The molecule has 0 radical (unpaired) electrons. The van der Waals surface area contributed by atoms with Crippen LogP contribution in [0.4, 0.5) is 0 Å². The summed E-state index contributed by atoms with van der Waals surface area (Å²) < 4.78 is 4.99. The van der Waals surface area contributed by atoms with E-state index in [1.807, 2.05) is 25.1 Å². The normalized spacial score (nSPS) is 11.2. The van der Waals surface area contributed by atoms with Crippen LogP contribution >= 0.6 is 11.8 Å². The van der Waals surface area contributed by atoms with Gasteiger partial charge in [-0.3, -0.25) is 4.79 Å². The van der Waals surface area contributed by atoms with Gasteiger partial charge in [-0.05, 0) is 25.5 Å². The molecule has 0 fully saturated rings. The molecule has 0 bridgehead atoms.